The minimum atomic E-state index is 0.667. The van der Waals surface area contributed by atoms with Crippen LogP contribution in [0.5, 0.6) is 0 Å². The van der Waals surface area contributed by atoms with Gasteiger partial charge in [-0.1, -0.05) is 97.1 Å². The van der Waals surface area contributed by atoms with Gasteiger partial charge in [0.2, 0.25) is 5.95 Å². The largest absolute Gasteiger partial charge is 0.316 e. The minimum Gasteiger partial charge on any atom is -0.316 e. The van der Waals surface area contributed by atoms with E-state index in [2.05, 4.69) is 177 Å². The van der Waals surface area contributed by atoms with Crippen LogP contribution in [0.2, 0.25) is 0 Å². The molecule has 5 nitrogen and oxygen atoms in total. The van der Waals surface area contributed by atoms with E-state index < -0.39 is 0 Å². The van der Waals surface area contributed by atoms with E-state index in [0.717, 1.165) is 60.3 Å². The summed E-state index contributed by atoms with van der Waals surface area (Å²) in [6.07, 6.45) is 2.17. The maximum absolute atomic E-state index is 5.55. The van der Waals surface area contributed by atoms with Gasteiger partial charge in [-0.2, -0.15) is 0 Å². The molecule has 0 atom stereocenters. The third kappa shape index (κ3) is 3.82. The second-order valence-electron chi connectivity index (χ2n) is 12.7. The zero-order valence-corrected chi connectivity index (χ0v) is 27.5. The van der Waals surface area contributed by atoms with Gasteiger partial charge in [-0.25, -0.2) is 9.97 Å². The van der Waals surface area contributed by atoms with E-state index in [1.807, 2.05) is 0 Å². The molecule has 0 radical (unpaired) electrons. The average Bonchev–Trinajstić information content (AvgIpc) is 3.97. The predicted molar refractivity (Wildman–Crippen MR) is 208 cm³/mol. The molecule has 6 heteroatoms. The molecule has 0 bridgehead atoms. The molecule has 50 heavy (non-hydrogen) atoms. The molecule has 11 rings (SSSR count). The normalized spacial score (nSPS) is 12.0. The van der Waals surface area contributed by atoms with Crippen LogP contribution in [0.4, 0.5) is 0 Å². The van der Waals surface area contributed by atoms with Crippen molar-refractivity contribution in [2.24, 2.45) is 0 Å². The van der Waals surface area contributed by atoms with Gasteiger partial charge >= 0.3 is 0 Å². The number of fused-ring (bicyclic) bond motifs is 9. The van der Waals surface area contributed by atoms with Crippen molar-refractivity contribution >= 4 is 76.1 Å². The Kier molecular flexibility index (Phi) is 5.76. The fraction of sp³-hybridized carbons (Fsp3) is 0. The molecule has 6 aromatic carbocycles. The molecule has 234 valence electrons. The zero-order chi connectivity index (χ0) is 32.8. The third-order valence-electron chi connectivity index (χ3n) is 10.0. The van der Waals surface area contributed by atoms with Crippen LogP contribution in [0.3, 0.4) is 0 Å². The molecule has 11 aromatic rings. The zero-order valence-electron chi connectivity index (χ0n) is 26.7. The lowest BCUT2D eigenvalue weighted by Gasteiger charge is -2.14. The Hall–Kier alpha value is -6.50. The Bertz CT molecular complexity index is 3090. The Morgan fingerprint density at radius 2 is 1.08 bits per heavy atom. The van der Waals surface area contributed by atoms with E-state index in [9.17, 15) is 0 Å². The first-order valence-electron chi connectivity index (χ1n) is 16.8. The maximum atomic E-state index is 5.55. The maximum Gasteiger partial charge on any atom is 0.236 e. The topological polar surface area (TPSA) is 40.6 Å². The highest BCUT2D eigenvalue weighted by Crippen LogP contribution is 2.42. The molecule has 0 aliphatic carbocycles. The summed E-state index contributed by atoms with van der Waals surface area (Å²) in [5, 5.41) is 9.12. The summed E-state index contributed by atoms with van der Waals surface area (Å²) in [6.45, 7) is 0. The molecule has 0 saturated carbocycles. The molecule has 0 spiro atoms. The Morgan fingerprint density at radius 1 is 0.420 bits per heavy atom. The van der Waals surface area contributed by atoms with Crippen LogP contribution < -0.4 is 0 Å². The second kappa shape index (κ2) is 10.5. The Morgan fingerprint density at radius 3 is 1.86 bits per heavy atom. The van der Waals surface area contributed by atoms with Crippen LogP contribution in [0.25, 0.3) is 93.3 Å². The summed E-state index contributed by atoms with van der Waals surface area (Å²) >= 11 is 1.66. The quantitative estimate of drug-likeness (QED) is 0.189. The summed E-state index contributed by atoms with van der Waals surface area (Å²) < 4.78 is 6.92. The van der Waals surface area contributed by atoms with Crippen LogP contribution in [-0.4, -0.2) is 23.7 Å². The standard InChI is InChI=1S/C44H27N5S/c1-3-12-28(13-4-1)47-26-24-34-37(47)23-22-33-31-17-8-10-21-39(31)49(41(33)34)44-45-40(36-25-27-50-43(36)46-44)35-19-11-18-32-30-16-7-9-20-38(30)48(42(32)35)29-14-5-2-6-15-29/h1-27H. The highest BCUT2D eigenvalue weighted by atomic mass is 32.1. The van der Waals surface area contributed by atoms with Gasteiger partial charge in [-0.15, -0.1) is 11.3 Å². The number of thiophene rings is 1. The lowest BCUT2D eigenvalue weighted by Crippen LogP contribution is -2.03. The lowest BCUT2D eigenvalue weighted by atomic mass is 10.0. The number of hydrogen-bond acceptors (Lipinski definition) is 3. The van der Waals surface area contributed by atoms with Crippen LogP contribution in [-0.2, 0) is 0 Å². The van der Waals surface area contributed by atoms with E-state index >= 15 is 0 Å². The van der Waals surface area contributed by atoms with E-state index in [0.29, 0.717) is 5.95 Å². The van der Waals surface area contributed by atoms with E-state index in [1.54, 1.807) is 11.3 Å². The van der Waals surface area contributed by atoms with Gasteiger partial charge in [0.15, 0.2) is 0 Å². The number of benzene rings is 6. The van der Waals surface area contributed by atoms with Crippen molar-refractivity contribution in [1.29, 1.82) is 0 Å². The molecule has 0 unspecified atom stereocenters. The van der Waals surface area contributed by atoms with E-state index in [1.165, 1.54) is 27.1 Å². The van der Waals surface area contributed by atoms with Gasteiger partial charge < -0.3 is 9.13 Å². The van der Waals surface area contributed by atoms with Gasteiger partial charge in [-0.3, -0.25) is 4.57 Å². The van der Waals surface area contributed by atoms with Crippen molar-refractivity contribution in [3.8, 4) is 28.6 Å². The van der Waals surface area contributed by atoms with Crippen LogP contribution in [0, 0.1) is 0 Å². The first-order chi connectivity index (χ1) is 24.8. The van der Waals surface area contributed by atoms with Crippen molar-refractivity contribution in [2.45, 2.75) is 0 Å². The summed E-state index contributed by atoms with van der Waals surface area (Å²) in [7, 11) is 0. The smallest absolute Gasteiger partial charge is 0.236 e. The summed E-state index contributed by atoms with van der Waals surface area (Å²) in [5.41, 5.74) is 9.90. The summed E-state index contributed by atoms with van der Waals surface area (Å²) in [4.78, 5) is 11.8. The van der Waals surface area contributed by atoms with Gasteiger partial charge in [-0.05, 0) is 60.0 Å². The molecule has 0 saturated heterocycles. The van der Waals surface area contributed by atoms with Gasteiger partial charge in [0.25, 0.3) is 0 Å². The molecule has 0 aliphatic heterocycles. The predicted octanol–water partition coefficient (Wildman–Crippen LogP) is 11.5. The monoisotopic (exact) mass is 657 g/mol. The Balaban J connectivity index is 1.25. The number of rotatable bonds is 4. The minimum absolute atomic E-state index is 0.667. The fourth-order valence-electron chi connectivity index (χ4n) is 7.90. The van der Waals surface area contributed by atoms with Gasteiger partial charge in [0.1, 0.15) is 4.83 Å². The third-order valence-corrected chi connectivity index (χ3v) is 10.8. The molecular formula is C44H27N5S. The highest BCUT2D eigenvalue weighted by molar-refractivity contribution is 7.16. The molecule has 0 amide bonds. The lowest BCUT2D eigenvalue weighted by molar-refractivity contribution is 1.02. The van der Waals surface area contributed by atoms with Crippen molar-refractivity contribution in [3.63, 3.8) is 0 Å². The van der Waals surface area contributed by atoms with E-state index in [4.69, 9.17) is 9.97 Å². The second-order valence-corrected chi connectivity index (χ2v) is 13.6. The van der Waals surface area contributed by atoms with Crippen molar-refractivity contribution < 1.29 is 0 Å². The number of nitrogens with zero attached hydrogens (tertiary/aromatic N) is 5. The number of para-hydroxylation sites is 5. The SMILES string of the molecule is c1ccc(-n2ccc3c2ccc2c4ccccc4n(-c4nc(-c5cccc6c7ccccc7n(-c7ccccc7)c56)c5ccsc5n4)c23)cc1. The van der Waals surface area contributed by atoms with Gasteiger partial charge in [0.05, 0.1) is 33.3 Å². The summed E-state index contributed by atoms with van der Waals surface area (Å²) in [6, 6.07) is 53.9. The first kappa shape index (κ1) is 27.5. The molecule has 0 fully saturated rings. The summed E-state index contributed by atoms with van der Waals surface area (Å²) in [5.74, 6) is 0.667. The van der Waals surface area contributed by atoms with Crippen molar-refractivity contribution in [1.82, 2.24) is 23.7 Å². The number of hydrogen-bond donors (Lipinski definition) is 0. The van der Waals surface area contributed by atoms with E-state index in [-0.39, 0.29) is 0 Å². The first-order valence-corrected chi connectivity index (χ1v) is 17.6. The van der Waals surface area contributed by atoms with Gasteiger partial charge in [0, 0.05) is 55.5 Å². The molecule has 5 aromatic heterocycles. The highest BCUT2D eigenvalue weighted by Gasteiger charge is 2.23. The van der Waals surface area contributed by atoms with Crippen LogP contribution >= 0.6 is 11.3 Å². The van der Waals surface area contributed by atoms with Crippen molar-refractivity contribution in [3.05, 3.63) is 163 Å². The fourth-order valence-corrected chi connectivity index (χ4v) is 8.66. The van der Waals surface area contributed by atoms with Crippen LogP contribution in [0.1, 0.15) is 0 Å². The van der Waals surface area contributed by atoms with Crippen LogP contribution in [0.15, 0.2) is 163 Å². The Labute approximate surface area is 290 Å². The molecular weight excluding hydrogens is 631 g/mol. The van der Waals surface area contributed by atoms with Crippen molar-refractivity contribution in [2.75, 3.05) is 0 Å². The average molecular weight is 658 g/mol. The molecule has 0 aliphatic rings. The molecule has 5 heterocycles. The number of aromatic nitrogens is 5. The molecule has 0 N–H and O–H groups in total.